The molecule has 124 valence electrons. The van der Waals surface area contributed by atoms with Gasteiger partial charge >= 0.3 is 0 Å². The van der Waals surface area contributed by atoms with Gasteiger partial charge in [-0.15, -0.1) is 0 Å². The zero-order valence-electron chi connectivity index (χ0n) is 13.6. The Labute approximate surface area is 145 Å². The van der Waals surface area contributed by atoms with Gasteiger partial charge in [-0.2, -0.15) is 0 Å². The van der Waals surface area contributed by atoms with Gasteiger partial charge in [0.15, 0.2) is 11.5 Å². The number of hydrogen-bond acceptors (Lipinski definition) is 5. The van der Waals surface area contributed by atoms with Gasteiger partial charge in [0.05, 0.1) is 32.5 Å². The van der Waals surface area contributed by atoms with E-state index in [0.717, 1.165) is 22.3 Å². The highest BCUT2D eigenvalue weighted by molar-refractivity contribution is 6.31. The molecule has 5 nitrogen and oxygen atoms in total. The van der Waals surface area contributed by atoms with E-state index in [1.807, 2.05) is 36.4 Å². The molecule has 0 aliphatic carbocycles. The summed E-state index contributed by atoms with van der Waals surface area (Å²) >= 11 is 6.07. The number of fused-ring (bicyclic) bond motifs is 1. The number of halogens is 1. The molecule has 1 N–H and O–H groups in total. The maximum Gasteiger partial charge on any atom is 0.215 e. The number of methoxy groups -OCH3 is 3. The zero-order valence-corrected chi connectivity index (χ0v) is 14.3. The molecule has 0 fully saturated rings. The van der Waals surface area contributed by atoms with E-state index in [1.165, 1.54) is 0 Å². The van der Waals surface area contributed by atoms with Crippen molar-refractivity contribution in [3.63, 3.8) is 0 Å². The molecule has 0 bridgehead atoms. The normalized spacial score (nSPS) is 10.5. The van der Waals surface area contributed by atoms with Gasteiger partial charge in [-0.25, -0.2) is 4.98 Å². The van der Waals surface area contributed by atoms with E-state index in [0.29, 0.717) is 22.4 Å². The van der Waals surface area contributed by atoms with E-state index in [1.54, 1.807) is 27.4 Å². The van der Waals surface area contributed by atoms with Crippen LogP contribution in [0.1, 0.15) is 0 Å². The Kier molecular flexibility index (Phi) is 4.62. The van der Waals surface area contributed by atoms with Crippen LogP contribution in [0.5, 0.6) is 17.4 Å². The molecule has 0 atom stereocenters. The van der Waals surface area contributed by atoms with Crippen molar-refractivity contribution >= 4 is 33.9 Å². The molecule has 3 rings (SSSR count). The Morgan fingerprint density at radius 1 is 0.875 bits per heavy atom. The fourth-order valence-electron chi connectivity index (χ4n) is 2.45. The lowest BCUT2D eigenvalue weighted by Crippen LogP contribution is -1.97. The number of hydrogen-bond donors (Lipinski definition) is 1. The number of rotatable bonds is 5. The molecule has 1 aromatic heterocycles. The molecule has 0 aliphatic rings. The smallest absolute Gasteiger partial charge is 0.215 e. The van der Waals surface area contributed by atoms with Crippen LogP contribution in [0.25, 0.3) is 10.9 Å². The Bertz CT molecular complexity index is 884. The maximum absolute atomic E-state index is 6.07. The number of nitrogens with one attached hydrogen (secondary N) is 1. The lowest BCUT2D eigenvalue weighted by Gasteiger charge is -2.14. The zero-order chi connectivity index (χ0) is 17.1. The molecule has 0 unspecified atom stereocenters. The minimum absolute atomic E-state index is 0.507. The van der Waals surface area contributed by atoms with Crippen molar-refractivity contribution in [3.05, 3.63) is 47.5 Å². The van der Waals surface area contributed by atoms with Crippen molar-refractivity contribution in [2.45, 2.75) is 0 Å². The highest BCUT2D eigenvalue weighted by Gasteiger charge is 2.09. The second kappa shape index (κ2) is 6.84. The number of anilines is 2. The maximum atomic E-state index is 6.07. The Morgan fingerprint density at radius 2 is 1.67 bits per heavy atom. The van der Waals surface area contributed by atoms with Gasteiger partial charge in [0.25, 0.3) is 0 Å². The van der Waals surface area contributed by atoms with E-state index in [9.17, 15) is 0 Å². The van der Waals surface area contributed by atoms with Crippen molar-refractivity contribution in [2.75, 3.05) is 26.6 Å². The molecule has 0 amide bonds. The highest BCUT2D eigenvalue weighted by atomic mass is 35.5. The van der Waals surface area contributed by atoms with Crippen LogP contribution in [0.15, 0.2) is 42.5 Å². The first-order chi connectivity index (χ1) is 11.6. The van der Waals surface area contributed by atoms with E-state index in [2.05, 4.69) is 10.3 Å². The number of nitrogens with zero attached hydrogens (tertiary/aromatic N) is 1. The Morgan fingerprint density at radius 3 is 2.38 bits per heavy atom. The monoisotopic (exact) mass is 344 g/mol. The third kappa shape index (κ3) is 3.16. The van der Waals surface area contributed by atoms with Crippen LogP contribution in [-0.4, -0.2) is 26.3 Å². The van der Waals surface area contributed by atoms with E-state index in [-0.39, 0.29) is 0 Å². The molecular formula is C18H17ClN2O3. The van der Waals surface area contributed by atoms with Gasteiger partial charge in [0.2, 0.25) is 5.88 Å². The summed E-state index contributed by atoms with van der Waals surface area (Å²) in [5.74, 6) is 1.83. The van der Waals surface area contributed by atoms with Gasteiger partial charge in [0, 0.05) is 28.2 Å². The van der Waals surface area contributed by atoms with E-state index in [4.69, 9.17) is 25.8 Å². The third-order valence-corrected chi connectivity index (χ3v) is 3.86. The summed E-state index contributed by atoms with van der Waals surface area (Å²) < 4.78 is 15.9. The van der Waals surface area contributed by atoms with Crippen LogP contribution in [0.4, 0.5) is 11.4 Å². The second-order valence-electron chi connectivity index (χ2n) is 5.07. The predicted molar refractivity (Wildman–Crippen MR) is 96.1 cm³/mol. The average molecular weight is 345 g/mol. The molecule has 3 aromatic rings. The Balaban J connectivity index is 2.06. The van der Waals surface area contributed by atoms with Crippen molar-refractivity contribution < 1.29 is 14.2 Å². The van der Waals surface area contributed by atoms with Crippen LogP contribution in [0.2, 0.25) is 5.02 Å². The molecule has 0 radical (unpaired) electrons. The van der Waals surface area contributed by atoms with Crippen molar-refractivity contribution in [1.82, 2.24) is 4.98 Å². The first-order valence-electron chi connectivity index (χ1n) is 7.28. The van der Waals surface area contributed by atoms with E-state index < -0.39 is 0 Å². The minimum atomic E-state index is 0.507. The minimum Gasteiger partial charge on any atom is -0.493 e. The van der Waals surface area contributed by atoms with Crippen molar-refractivity contribution in [3.8, 4) is 17.4 Å². The summed E-state index contributed by atoms with van der Waals surface area (Å²) in [7, 11) is 4.79. The molecule has 24 heavy (non-hydrogen) atoms. The lowest BCUT2D eigenvalue weighted by atomic mass is 10.1. The Hall–Kier alpha value is -2.66. The lowest BCUT2D eigenvalue weighted by molar-refractivity contribution is 0.355. The van der Waals surface area contributed by atoms with Gasteiger partial charge in [-0.3, -0.25) is 0 Å². The van der Waals surface area contributed by atoms with Gasteiger partial charge in [-0.1, -0.05) is 11.6 Å². The van der Waals surface area contributed by atoms with Crippen molar-refractivity contribution in [2.24, 2.45) is 0 Å². The second-order valence-corrected chi connectivity index (χ2v) is 5.50. The molecule has 0 spiro atoms. The average Bonchev–Trinajstić information content (AvgIpc) is 2.60. The first-order valence-corrected chi connectivity index (χ1v) is 7.65. The predicted octanol–water partition coefficient (Wildman–Crippen LogP) is 4.66. The molecule has 0 saturated heterocycles. The van der Waals surface area contributed by atoms with Crippen LogP contribution in [0, 0.1) is 0 Å². The summed E-state index contributed by atoms with van der Waals surface area (Å²) in [5.41, 5.74) is 2.47. The van der Waals surface area contributed by atoms with Gasteiger partial charge < -0.3 is 19.5 Å². The van der Waals surface area contributed by atoms with E-state index >= 15 is 0 Å². The standard InChI is InChI=1S/C18H17ClN2O3/c1-22-16-7-5-12(9-17(16)23-2)20-15-10-18(24-3)21-14-8-11(19)4-6-13(14)15/h4-10H,1-3H3,(H,20,21). The molecule has 2 aromatic carbocycles. The quantitative estimate of drug-likeness (QED) is 0.729. The summed E-state index contributed by atoms with van der Waals surface area (Å²) in [4.78, 5) is 4.43. The topological polar surface area (TPSA) is 52.6 Å². The van der Waals surface area contributed by atoms with Gasteiger partial charge in [0.1, 0.15) is 0 Å². The van der Waals surface area contributed by atoms with Crippen LogP contribution < -0.4 is 19.5 Å². The fraction of sp³-hybridized carbons (Fsp3) is 0.167. The molecule has 6 heteroatoms. The fourth-order valence-corrected chi connectivity index (χ4v) is 2.62. The first kappa shape index (κ1) is 16.2. The third-order valence-electron chi connectivity index (χ3n) is 3.62. The van der Waals surface area contributed by atoms with Crippen molar-refractivity contribution in [1.29, 1.82) is 0 Å². The summed E-state index contributed by atoms with van der Waals surface area (Å²) in [6.07, 6.45) is 0. The largest absolute Gasteiger partial charge is 0.493 e. The number of benzene rings is 2. The number of pyridine rings is 1. The molecule has 1 heterocycles. The molecular weight excluding hydrogens is 328 g/mol. The van der Waals surface area contributed by atoms with Crippen LogP contribution in [-0.2, 0) is 0 Å². The number of ether oxygens (including phenoxy) is 3. The molecule has 0 saturated carbocycles. The van der Waals surface area contributed by atoms with Crippen LogP contribution in [0.3, 0.4) is 0 Å². The SMILES string of the molecule is COc1cc(Nc2ccc(OC)c(OC)c2)c2ccc(Cl)cc2n1. The highest BCUT2D eigenvalue weighted by Crippen LogP contribution is 2.34. The van der Waals surface area contributed by atoms with Crippen LogP contribution >= 0.6 is 11.6 Å². The molecule has 0 aliphatic heterocycles. The summed E-state index contributed by atoms with van der Waals surface area (Å²) in [6, 6.07) is 13.0. The number of aromatic nitrogens is 1. The van der Waals surface area contributed by atoms with Gasteiger partial charge in [-0.05, 0) is 30.3 Å². The summed E-state index contributed by atoms with van der Waals surface area (Å²) in [5, 5.41) is 4.93. The summed E-state index contributed by atoms with van der Waals surface area (Å²) in [6.45, 7) is 0.